The summed E-state index contributed by atoms with van der Waals surface area (Å²) in [6.07, 6.45) is 0. The van der Waals surface area contributed by atoms with E-state index >= 15 is 0 Å². The van der Waals surface area contributed by atoms with Gasteiger partial charge in [0.15, 0.2) is 0 Å². The van der Waals surface area contributed by atoms with Gasteiger partial charge in [-0.3, -0.25) is 0 Å². The monoisotopic (exact) mass is 111 g/mol. The van der Waals surface area contributed by atoms with Crippen LogP contribution in [0.2, 0.25) is 0 Å². The normalized spacial score (nSPS) is 9.00. The van der Waals surface area contributed by atoms with Crippen molar-refractivity contribution >= 4 is 20.2 Å². The van der Waals surface area contributed by atoms with Gasteiger partial charge in [0.25, 0.3) is 0 Å². The molecule has 0 aliphatic heterocycles. The quantitative estimate of drug-likeness (QED) is 0.216. The zero-order valence-electron chi connectivity index (χ0n) is 2.35. The van der Waals surface area contributed by atoms with Crippen LogP contribution in [0.4, 0.5) is 0 Å². The number of rotatable bonds is 2. The molecule has 0 N–H and O–H groups in total. The summed E-state index contributed by atoms with van der Waals surface area (Å²) in [6, 6.07) is 0. The standard InChI is InChI=1S/ClH2NO2Si/c1-5-4-2-3/h5H2. The van der Waals surface area contributed by atoms with E-state index in [-0.39, 0.29) is 0 Å². The van der Waals surface area contributed by atoms with Gasteiger partial charge in [-0.05, 0) is 0 Å². The van der Waals surface area contributed by atoms with Crippen LogP contribution < -0.4 is 0 Å². The molecule has 0 saturated carbocycles. The van der Waals surface area contributed by atoms with Crippen molar-refractivity contribution in [1.82, 2.24) is 0 Å². The van der Waals surface area contributed by atoms with Crippen LogP contribution in [0, 0.1) is 4.91 Å². The van der Waals surface area contributed by atoms with Crippen LogP contribution >= 0.6 is 11.1 Å². The summed E-state index contributed by atoms with van der Waals surface area (Å²) in [5, 5.41) is 2.03. The maximum atomic E-state index is 8.88. The molecule has 0 rings (SSSR count). The first kappa shape index (κ1) is 4.91. The fourth-order valence-corrected chi connectivity index (χ4v) is 0.179. The lowest BCUT2D eigenvalue weighted by molar-refractivity contribution is 0.366. The molecule has 0 spiro atoms. The van der Waals surface area contributed by atoms with Crippen LogP contribution in [0.1, 0.15) is 0 Å². The predicted octanol–water partition coefficient (Wildman–Crippen LogP) is -0.0780. The second-order valence-electron chi connectivity index (χ2n) is 0.313. The fourth-order valence-electron chi connectivity index (χ4n) is 0.0199. The fraction of sp³-hybridized carbons (Fsp3) is 0. The lowest BCUT2D eigenvalue weighted by Gasteiger charge is -1.73. The number of hydrogen-bond donors (Lipinski definition) is 0. The Balaban J connectivity index is 2.40. The first-order chi connectivity index (χ1) is 2.41. The summed E-state index contributed by atoms with van der Waals surface area (Å²) in [7, 11) is -1.09. The molecule has 0 unspecified atom stereocenters. The Morgan fingerprint density at radius 1 is 2.00 bits per heavy atom. The van der Waals surface area contributed by atoms with Crippen LogP contribution in [0.5, 0.6) is 0 Å². The zero-order chi connectivity index (χ0) is 4.12. The number of halogens is 1. The Hall–Kier alpha value is -0.0931. The minimum Gasteiger partial charge on any atom is -0.413 e. The van der Waals surface area contributed by atoms with E-state index in [1.807, 2.05) is 5.34 Å². The highest BCUT2D eigenvalue weighted by Gasteiger charge is 1.68. The molecule has 0 aromatic heterocycles. The molecule has 0 aromatic carbocycles. The van der Waals surface area contributed by atoms with Crippen molar-refractivity contribution in [2.75, 3.05) is 0 Å². The Kier molecular flexibility index (Phi) is 3.83. The van der Waals surface area contributed by atoms with E-state index in [4.69, 9.17) is 16.0 Å². The lowest BCUT2D eigenvalue weighted by Crippen LogP contribution is -1.74. The van der Waals surface area contributed by atoms with Gasteiger partial charge in [-0.1, -0.05) is 0 Å². The minimum absolute atomic E-state index is 1.09. The zero-order valence-corrected chi connectivity index (χ0v) is 4.52. The highest BCUT2D eigenvalue weighted by molar-refractivity contribution is 6.89. The molecule has 0 aromatic rings. The third kappa shape index (κ3) is 3.91. The highest BCUT2D eigenvalue weighted by Crippen LogP contribution is 1.69. The van der Waals surface area contributed by atoms with E-state index in [0.29, 0.717) is 0 Å². The van der Waals surface area contributed by atoms with Gasteiger partial charge in [0.1, 0.15) is 5.34 Å². The lowest BCUT2D eigenvalue weighted by atomic mass is 13.4. The van der Waals surface area contributed by atoms with Crippen molar-refractivity contribution in [3.8, 4) is 0 Å². The Bertz CT molecular complexity index is 30.8. The third-order valence-corrected chi connectivity index (χ3v) is 0.597. The molecular formula is H2ClNO2Si. The predicted molar refractivity (Wildman–Crippen MR) is 21.3 cm³/mol. The largest absolute Gasteiger partial charge is 0.413 e. The van der Waals surface area contributed by atoms with E-state index in [9.17, 15) is 0 Å². The average Bonchev–Trinajstić information content (AvgIpc) is 1.41. The molecule has 0 saturated heterocycles. The van der Waals surface area contributed by atoms with Gasteiger partial charge >= 0.3 is 9.07 Å². The molecule has 0 bridgehead atoms. The van der Waals surface area contributed by atoms with Gasteiger partial charge in [0.05, 0.1) is 0 Å². The Morgan fingerprint density at radius 2 is 2.60 bits per heavy atom. The Morgan fingerprint density at radius 3 is 2.60 bits per heavy atom. The van der Waals surface area contributed by atoms with Crippen molar-refractivity contribution in [1.29, 1.82) is 0 Å². The molecule has 0 atom stereocenters. The summed E-state index contributed by atoms with van der Waals surface area (Å²) in [5.74, 6) is 0. The second kappa shape index (κ2) is 3.91. The SMILES string of the molecule is O=NO[SiH2]Cl. The smallest absolute Gasteiger partial charge is 0.355 e. The van der Waals surface area contributed by atoms with Gasteiger partial charge in [0, 0.05) is 0 Å². The molecule has 0 heterocycles. The van der Waals surface area contributed by atoms with Gasteiger partial charge in [-0.25, -0.2) is 0 Å². The van der Waals surface area contributed by atoms with Crippen molar-refractivity contribution < 1.29 is 4.53 Å². The first-order valence-corrected chi connectivity index (χ1v) is 3.64. The molecule has 5 heavy (non-hydrogen) atoms. The number of nitrogens with zero attached hydrogens (tertiary/aromatic N) is 1. The molecule has 0 amide bonds. The van der Waals surface area contributed by atoms with Gasteiger partial charge in [-0.15, -0.1) is 16.0 Å². The van der Waals surface area contributed by atoms with Gasteiger partial charge < -0.3 is 4.53 Å². The molecule has 0 fully saturated rings. The number of hydrogen-bond acceptors (Lipinski definition) is 3. The van der Waals surface area contributed by atoms with E-state index in [1.165, 1.54) is 0 Å². The maximum Gasteiger partial charge on any atom is 0.355 e. The van der Waals surface area contributed by atoms with E-state index in [2.05, 4.69) is 4.53 Å². The summed E-state index contributed by atoms with van der Waals surface area (Å²) < 4.78 is 3.81. The summed E-state index contributed by atoms with van der Waals surface area (Å²) in [4.78, 5) is 8.88. The van der Waals surface area contributed by atoms with Gasteiger partial charge in [-0.2, -0.15) is 0 Å². The Labute approximate surface area is 35.8 Å². The molecular weight excluding hydrogens is 110 g/mol. The van der Waals surface area contributed by atoms with Crippen LogP contribution in [0.3, 0.4) is 0 Å². The topological polar surface area (TPSA) is 38.7 Å². The van der Waals surface area contributed by atoms with E-state index < -0.39 is 9.07 Å². The van der Waals surface area contributed by atoms with Crippen LogP contribution in [0.25, 0.3) is 0 Å². The molecule has 5 heteroatoms. The van der Waals surface area contributed by atoms with Crippen molar-refractivity contribution in [3.63, 3.8) is 0 Å². The van der Waals surface area contributed by atoms with Gasteiger partial charge in [0.2, 0.25) is 0 Å². The minimum atomic E-state index is -1.09. The molecule has 0 aliphatic carbocycles. The van der Waals surface area contributed by atoms with Crippen LogP contribution in [0.15, 0.2) is 5.34 Å². The first-order valence-electron chi connectivity index (χ1n) is 0.921. The van der Waals surface area contributed by atoms with Crippen LogP contribution in [-0.2, 0) is 4.53 Å². The summed E-state index contributed by atoms with van der Waals surface area (Å²) >= 11 is 4.92. The van der Waals surface area contributed by atoms with E-state index in [1.54, 1.807) is 0 Å². The van der Waals surface area contributed by atoms with E-state index in [0.717, 1.165) is 0 Å². The molecule has 3 nitrogen and oxygen atoms in total. The maximum absolute atomic E-state index is 8.88. The molecule has 0 aliphatic rings. The average molecular weight is 112 g/mol. The van der Waals surface area contributed by atoms with Crippen molar-refractivity contribution in [2.45, 2.75) is 0 Å². The summed E-state index contributed by atoms with van der Waals surface area (Å²) in [5.41, 5.74) is 0. The molecule has 30 valence electrons. The van der Waals surface area contributed by atoms with Crippen molar-refractivity contribution in [2.24, 2.45) is 5.34 Å². The second-order valence-corrected chi connectivity index (χ2v) is 1.44. The van der Waals surface area contributed by atoms with Crippen LogP contribution in [-0.4, -0.2) is 9.07 Å². The third-order valence-electron chi connectivity index (χ3n) is 0.101. The van der Waals surface area contributed by atoms with Crippen molar-refractivity contribution in [3.05, 3.63) is 4.91 Å². The molecule has 0 radical (unpaired) electrons. The highest BCUT2D eigenvalue weighted by atomic mass is 35.6. The summed E-state index contributed by atoms with van der Waals surface area (Å²) in [6.45, 7) is 0.